The van der Waals surface area contributed by atoms with Gasteiger partial charge in [0.1, 0.15) is 11.5 Å². The Morgan fingerprint density at radius 3 is 2.26 bits per heavy atom. The summed E-state index contributed by atoms with van der Waals surface area (Å²) in [4.78, 5) is 29.6. The smallest absolute Gasteiger partial charge is 0.238 e. The third kappa shape index (κ3) is 4.67. The topological polar surface area (TPSA) is 70.4 Å². The molecular formula is C27H30Cl2N2O3Si. The van der Waals surface area contributed by atoms with E-state index in [0.717, 1.165) is 5.56 Å². The van der Waals surface area contributed by atoms with Gasteiger partial charge in [0.2, 0.25) is 5.91 Å². The molecule has 3 atom stereocenters. The molecule has 2 heterocycles. The molecule has 2 fully saturated rings. The lowest BCUT2D eigenvalue weighted by Crippen LogP contribution is -2.46. The number of carbonyl (C=O) groups excluding carboxylic acids is 2. The van der Waals surface area contributed by atoms with E-state index in [0.29, 0.717) is 40.6 Å². The van der Waals surface area contributed by atoms with E-state index in [1.807, 2.05) is 12.1 Å². The predicted molar refractivity (Wildman–Crippen MR) is 140 cm³/mol. The Bertz CT molecular complexity index is 1200. The van der Waals surface area contributed by atoms with Crippen LogP contribution in [0.5, 0.6) is 0 Å². The fourth-order valence-electron chi connectivity index (χ4n) is 5.00. The summed E-state index contributed by atoms with van der Waals surface area (Å²) in [5.74, 6) is -1.33. The summed E-state index contributed by atoms with van der Waals surface area (Å²) in [6, 6.07) is 14.2. The van der Waals surface area contributed by atoms with E-state index < -0.39 is 19.8 Å². The summed E-state index contributed by atoms with van der Waals surface area (Å²) in [5, 5.41) is 9.95. The molecule has 2 aromatic carbocycles. The van der Waals surface area contributed by atoms with Gasteiger partial charge in [-0.05, 0) is 59.6 Å². The monoisotopic (exact) mass is 528 g/mol. The van der Waals surface area contributed by atoms with E-state index >= 15 is 0 Å². The Morgan fingerprint density at radius 2 is 1.71 bits per heavy atom. The molecule has 2 aliphatic heterocycles. The second kappa shape index (κ2) is 9.04. The molecule has 0 saturated carbocycles. The van der Waals surface area contributed by atoms with Crippen molar-refractivity contribution in [3.05, 3.63) is 69.2 Å². The third-order valence-electron chi connectivity index (χ3n) is 7.77. The van der Waals surface area contributed by atoms with Gasteiger partial charge in [0.05, 0.1) is 17.7 Å². The van der Waals surface area contributed by atoms with Crippen molar-refractivity contribution in [1.82, 2.24) is 4.90 Å². The Labute approximate surface area is 218 Å². The van der Waals surface area contributed by atoms with Crippen molar-refractivity contribution in [2.24, 2.45) is 0 Å². The van der Waals surface area contributed by atoms with E-state index in [2.05, 4.69) is 39.9 Å². The van der Waals surface area contributed by atoms with Gasteiger partial charge in [0.15, 0.2) is 14.1 Å². The van der Waals surface area contributed by atoms with Gasteiger partial charge in [-0.3, -0.25) is 9.59 Å². The number of fused-ring (bicyclic) bond motifs is 1. The number of hydrogen-bond acceptors (Lipinski definition) is 4. The van der Waals surface area contributed by atoms with Crippen LogP contribution >= 0.6 is 23.2 Å². The second-order valence-corrected chi connectivity index (χ2v) is 16.8. The number of amides is 1. The molecule has 35 heavy (non-hydrogen) atoms. The van der Waals surface area contributed by atoms with Gasteiger partial charge in [-0.2, -0.15) is 5.26 Å². The summed E-state index contributed by atoms with van der Waals surface area (Å²) < 4.78 is 6.68. The molecule has 2 aromatic rings. The highest BCUT2D eigenvalue weighted by atomic mass is 35.5. The van der Waals surface area contributed by atoms with Gasteiger partial charge in [-0.25, -0.2) is 0 Å². The number of halogens is 2. The Hall–Kier alpha value is -2.17. The van der Waals surface area contributed by atoms with E-state index in [4.69, 9.17) is 32.9 Å². The van der Waals surface area contributed by atoms with Crippen LogP contribution in [-0.2, 0) is 20.4 Å². The third-order valence-corrected chi connectivity index (χ3v) is 12.7. The average Bonchev–Trinajstić information content (AvgIpc) is 3.19. The van der Waals surface area contributed by atoms with Crippen LogP contribution in [0.2, 0.25) is 28.2 Å². The number of ketones is 1. The number of carbonyl (C=O) groups is 2. The number of hydrogen-bond donors (Lipinski definition) is 0. The van der Waals surface area contributed by atoms with Crippen LogP contribution in [0, 0.1) is 11.3 Å². The van der Waals surface area contributed by atoms with Crippen molar-refractivity contribution in [3.63, 3.8) is 0 Å². The maximum atomic E-state index is 14.1. The fraction of sp³-hybridized carbons (Fsp3) is 0.444. The predicted octanol–water partition coefficient (Wildman–Crippen LogP) is 6.14. The molecule has 0 bridgehead atoms. The molecule has 0 N–H and O–H groups in total. The van der Waals surface area contributed by atoms with Crippen molar-refractivity contribution in [3.8, 4) is 6.07 Å². The summed E-state index contributed by atoms with van der Waals surface area (Å²) in [7, 11) is -2.12. The minimum absolute atomic E-state index is 0.00835. The lowest BCUT2D eigenvalue weighted by atomic mass is 9.80. The van der Waals surface area contributed by atoms with Crippen LogP contribution in [0.15, 0.2) is 42.5 Å². The summed E-state index contributed by atoms with van der Waals surface area (Å²) in [6.07, 6.45) is 0.589. The number of benzene rings is 2. The second-order valence-electron chi connectivity index (χ2n) is 11.2. The van der Waals surface area contributed by atoms with E-state index in [9.17, 15) is 9.59 Å². The molecule has 184 valence electrons. The zero-order valence-corrected chi connectivity index (χ0v) is 23.2. The highest BCUT2D eigenvalue weighted by Gasteiger charge is 2.63. The number of nitrogens with zero attached hydrogens (tertiary/aromatic N) is 2. The molecule has 2 aliphatic rings. The van der Waals surface area contributed by atoms with Crippen LogP contribution in [0.4, 0.5) is 0 Å². The first-order chi connectivity index (χ1) is 16.3. The largest absolute Gasteiger partial charge is 0.412 e. The molecule has 2 saturated heterocycles. The molecule has 4 rings (SSSR count). The molecular weight excluding hydrogens is 499 g/mol. The first-order valence-corrected chi connectivity index (χ1v) is 15.4. The average molecular weight is 530 g/mol. The number of Topliss-reactive ketones (excluding diaryl/α,β-unsaturated/α-hetero) is 1. The Kier molecular flexibility index (Phi) is 6.69. The van der Waals surface area contributed by atoms with Gasteiger partial charge in [0, 0.05) is 29.4 Å². The summed E-state index contributed by atoms with van der Waals surface area (Å²) >= 11 is 12.4. The van der Waals surface area contributed by atoms with Crippen molar-refractivity contribution in [2.45, 2.75) is 69.3 Å². The van der Waals surface area contributed by atoms with E-state index in [1.54, 1.807) is 35.2 Å². The SMILES string of the molecule is CC(C)(C)[Si](C)(C)O[C@H]1CN2C(=O)C(c3cc(Cl)cc(Cl)c3)C(=O)C2(Cc2ccc(C#N)cc2)C1. The van der Waals surface area contributed by atoms with Gasteiger partial charge >= 0.3 is 0 Å². The molecule has 0 radical (unpaired) electrons. The first kappa shape index (κ1) is 25.9. The molecule has 8 heteroatoms. The maximum Gasteiger partial charge on any atom is 0.238 e. The van der Waals surface area contributed by atoms with Crippen LogP contribution in [-0.4, -0.2) is 43.1 Å². The Balaban J connectivity index is 1.73. The first-order valence-electron chi connectivity index (χ1n) is 11.8. The van der Waals surface area contributed by atoms with Gasteiger partial charge in [-0.1, -0.05) is 56.1 Å². The van der Waals surface area contributed by atoms with E-state index in [-0.39, 0.29) is 22.8 Å². The van der Waals surface area contributed by atoms with Crippen LogP contribution in [0.25, 0.3) is 0 Å². The van der Waals surface area contributed by atoms with Gasteiger partial charge in [-0.15, -0.1) is 0 Å². The molecule has 1 amide bonds. The van der Waals surface area contributed by atoms with E-state index in [1.165, 1.54) is 0 Å². The minimum atomic E-state index is -2.12. The van der Waals surface area contributed by atoms with Gasteiger partial charge < -0.3 is 9.33 Å². The quantitative estimate of drug-likeness (QED) is 0.345. The Morgan fingerprint density at radius 1 is 1.11 bits per heavy atom. The molecule has 5 nitrogen and oxygen atoms in total. The highest BCUT2D eigenvalue weighted by Crippen LogP contribution is 2.48. The van der Waals surface area contributed by atoms with Crippen molar-refractivity contribution < 1.29 is 14.0 Å². The lowest BCUT2D eigenvalue weighted by molar-refractivity contribution is -0.131. The van der Waals surface area contributed by atoms with Crippen molar-refractivity contribution in [2.75, 3.05) is 6.54 Å². The zero-order valence-electron chi connectivity index (χ0n) is 20.7. The fourth-order valence-corrected chi connectivity index (χ4v) is 6.89. The molecule has 0 spiro atoms. The minimum Gasteiger partial charge on any atom is -0.412 e. The lowest BCUT2D eigenvalue weighted by Gasteiger charge is -2.38. The summed E-state index contributed by atoms with van der Waals surface area (Å²) in [5.41, 5.74) is 0.951. The summed E-state index contributed by atoms with van der Waals surface area (Å²) in [6.45, 7) is 11.3. The van der Waals surface area contributed by atoms with Crippen molar-refractivity contribution >= 4 is 43.2 Å². The molecule has 0 aliphatic carbocycles. The molecule has 0 aromatic heterocycles. The van der Waals surface area contributed by atoms with Crippen LogP contribution in [0.1, 0.15) is 49.8 Å². The number of rotatable bonds is 5. The van der Waals surface area contributed by atoms with Crippen LogP contribution < -0.4 is 0 Å². The zero-order chi connectivity index (χ0) is 25.8. The van der Waals surface area contributed by atoms with Crippen molar-refractivity contribution in [1.29, 1.82) is 5.26 Å². The van der Waals surface area contributed by atoms with Crippen LogP contribution in [0.3, 0.4) is 0 Å². The van der Waals surface area contributed by atoms with Gasteiger partial charge in [0.25, 0.3) is 0 Å². The number of nitriles is 1. The molecule has 2 unspecified atom stereocenters. The highest BCUT2D eigenvalue weighted by molar-refractivity contribution is 6.74. The normalized spacial score (nSPS) is 24.6. The standard InChI is InChI=1S/C27H30Cl2N2O3Si/c1-26(2,3)35(4,5)34-22-14-27(13-17-6-8-18(15-30)9-7-17)24(32)23(25(33)31(27)16-22)19-10-20(28)12-21(29)11-19/h6-12,22-23H,13-14,16H2,1-5H3/t22-,23?,27?/m1/s1. The maximum absolute atomic E-state index is 14.1.